The van der Waals surface area contributed by atoms with E-state index in [1.54, 1.807) is 0 Å². The molecule has 6 heteroatoms. The third-order valence-electron chi connectivity index (χ3n) is 3.71. The molecule has 0 spiro atoms. The molecular weight excluding hydrogens is 321 g/mol. The van der Waals surface area contributed by atoms with Gasteiger partial charge in [-0.25, -0.2) is 18.2 Å². The molecule has 0 aliphatic carbocycles. The van der Waals surface area contributed by atoms with E-state index in [4.69, 9.17) is 0 Å². The molecule has 23 heavy (non-hydrogen) atoms. The lowest BCUT2D eigenvalue weighted by atomic mass is 10.0. The fourth-order valence-corrected chi connectivity index (χ4v) is 3.63. The largest absolute Gasteiger partial charge is 0.258 e. The molecule has 2 aromatic heterocycles. The first-order valence-corrected chi connectivity index (χ1v) is 8.03. The van der Waals surface area contributed by atoms with E-state index in [-0.39, 0.29) is 10.2 Å². The molecule has 1 radical (unpaired) electrons. The van der Waals surface area contributed by atoms with Gasteiger partial charge in [0.05, 0.1) is 9.71 Å². The van der Waals surface area contributed by atoms with Crippen molar-refractivity contribution in [1.29, 1.82) is 0 Å². The van der Waals surface area contributed by atoms with Gasteiger partial charge in [0, 0.05) is 29.9 Å². The van der Waals surface area contributed by atoms with Gasteiger partial charge in [0.25, 0.3) is 0 Å². The number of fused-ring (bicyclic) bond motifs is 1. The van der Waals surface area contributed by atoms with Crippen molar-refractivity contribution in [3.05, 3.63) is 57.1 Å². The number of benzene rings is 1. The van der Waals surface area contributed by atoms with Crippen molar-refractivity contribution >= 4 is 21.6 Å². The highest BCUT2D eigenvalue weighted by atomic mass is 32.1. The lowest BCUT2D eigenvalue weighted by Gasteiger charge is -2.10. The van der Waals surface area contributed by atoms with Gasteiger partial charge in [-0.3, -0.25) is 4.98 Å². The van der Waals surface area contributed by atoms with Gasteiger partial charge >= 0.3 is 0 Å². The van der Waals surface area contributed by atoms with E-state index in [0.717, 1.165) is 40.3 Å². The topological polar surface area (TPSA) is 25.8 Å². The summed E-state index contributed by atoms with van der Waals surface area (Å²) >= 11 is 1.04. The summed E-state index contributed by atoms with van der Waals surface area (Å²) in [5.41, 5.74) is 3.39. The van der Waals surface area contributed by atoms with Crippen LogP contribution in [0.1, 0.15) is 34.4 Å². The molecule has 0 amide bonds. The molecule has 0 aliphatic rings. The van der Waals surface area contributed by atoms with Crippen molar-refractivity contribution < 1.29 is 13.2 Å². The van der Waals surface area contributed by atoms with Crippen molar-refractivity contribution in [3.8, 4) is 0 Å². The highest BCUT2D eigenvalue weighted by Crippen LogP contribution is 2.30. The number of halogens is 3. The molecule has 0 bridgehead atoms. The van der Waals surface area contributed by atoms with Crippen LogP contribution < -0.4 is 0 Å². The van der Waals surface area contributed by atoms with Crippen molar-refractivity contribution in [3.63, 3.8) is 0 Å². The van der Waals surface area contributed by atoms with Crippen LogP contribution in [-0.2, 0) is 12.8 Å². The van der Waals surface area contributed by atoms with Crippen LogP contribution in [0.4, 0.5) is 13.2 Å². The Hall–Kier alpha value is -1.95. The van der Waals surface area contributed by atoms with Gasteiger partial charge in [0.2, 0.25) is 0 Å². The molecule has 0 aliphatic heterocycles. The summed E-state index contributed by atoms with van der Waals surface area (Å²) in [7, 11) is 0. The predicted molar refractivity (Wildman–Crippen MR) is 84.2 cm³/mol. The second-order valence-corrected chi connectivity index (χ2v) is 6.42. The van der Waals surface area contributed by atoms with Crippen LogP contribution in [0.3, 0.4) is 0 Å². The van der Waals surface area contributed by atoms with E-state index in [9.17, 15) is 13.2 Å². The number of aryl methyl sites for hydroxylation is 3. The van der Waals surface area contributed by atoms with Crippen LogP contribution in [0, 0.1) is 37.4 Å². The Balaban J connectivity index is 2.10. The highest BCUT2D eigenvalue weighted by Gasteiger charge is 2.18. The van der Waals surface area contributed by atoms with Crippen molar-refractivity contribution in [2.45, 2.75) is 33.6 Å². The van der Waals surface area contributed by atoms with E-state index in [0.29, 0.717) is 17.5 Å². The van der Waals surface area contributed by atoms with Crippen LogP contribution in [0.5, 0.6) is 0 Å². The zero-order chi connectivity index (χ0) is 16.7. The van der Waals surface area contributed by atoms with Gasteiger partial charge in [-0.1, -0.05) is 6.92 Å². The molecule has 0 unspecified atom stereocenters. The quantitative estimate of drug-likeness (QED) is 0.650. The maximum absolute atomic E-state index is 13.8. The summed E-state index contributed by atoms with van der Waals surface area (Å²) in [6, 6.07) is 3.77. The second-order valence-electron chi connectivity index (χ2n) is 5.33. The van der Waals surface area contributed by atoms with Crippen molar-refractivity contribution in [2.24, 2.45) is 0 Å². The van der Waals surface area contributed by atoms with Gasteiger partial charge in [0.1, 0.15) is 11.3 Å². The monoisotopic (exact) mass is 335 g/mol. The minimum absolute atomic E-state index is 0.0404. The highest BCUT2D eigenvalue weighted by molar-refractivity contribution is 7.18. The lowest BCUT2D eigenvalue weighted by molar-refractivity contribution is 0.504. The second kappa shape index (κ2) is 5.92. The van der Waals surface area contributed by atoms with Crippen LogP contribution in [-0.4, -0.2) is 9.97 Å². The first-order valence-electron chi connectivity index (χ1n) is 7.21. The number of aromatic nitrogens is 2. The number of rotatable bonds is 3. The molecule has 0 N–H and O–H groups in total. The van der Waals surface area contributed by atoms with Gasteiger partial charge in [-0.2, -0.15) is 0 Å². The Morgan fingerprint density at radius 1 is 1.13 bits per heavy atom. The molecule has 2 heterocycles. The predicted octanol–water partition coefficient (Wildman–Crippen LogP) is 4.68. The Morgan fingerprint density at radius 2 is 1.87 bits per heavy atom. The summed E-state index contributed by atoms with van der Waals surface area (Å²) in [6.07, 6.45) is 1.18. The van der Waals surface area contributed by atoms with E-state index in [1.165, 1.54) is 0 Å². The summed E-state index contributed by atoms with van der Waals surface area (Å²) < 4.78 is 40.9. The summed E-state index contributed by atoms with van der Waals surface area (Å²) in [5.74, 6) is -3.11. The summed E-state index contributed by atoms with van der Waals surface area (Å²) in [4.78, 5) is 8.48. The standard InChI is InChI=1S/C17H14F3N2S/c1-4-10-5-8(2)21-9(3)11(10)6-14-22-16-15(20)12(18)7-13(19)17(16)23-14/h7H,4,6H2,1-3H3. The Kier molecular flexibility index (Phi) is 4.10. The normalized spacial score (nSPS) is 11.4. The number of hydrogen-bond acceptors (Lipinski definition) is 3. The zero-order valence-corrected chi connectivity index (χ0v) is 13.7. The number of pyridine rings is 1. The molecule has 2 nitrogen and oxygen atoms in total. The third-order valence-corrected chi connectivity index (χ3v) is 4.77. The lowest BCUT2D eigenvalue weighted by Crippen LogP contribution is -2.02. The van der Waals surface area contributed by atoms with Crippen LogP contribution >= 0.6 is 11.3 Å². The van der Waals surface area contributed by atoms with E-state index >= 15 is 0 Å². The van der Waals surface area contributed by atoms with Gasteiger partial charge in [-0.15, -0.1) is 11.3 Å². The van der Waals surface area contributed by atoms with Crippen molar-refractivity contribution in [1.82, 2.24) is 9.97 Å². The zero-order valence-electron chi connectivity index (χ0n) is 12.9. The summed E-state index contributed by atoms with van der Waals surface area (Å²) in [5, 5.41) is 0.528. The van der Waals surface area contributed by atoms with E-state index in [1.807, 2.05) is 20.8 Å². The fraction of sp³-hybridized carbons (Fsp3) is 0.294. The molecular formula is C17H14F3N2S. The summed E-state index contributed by atoms with van der Waals surface area (Å²) in [6.45, 7) is 5.78. The Bertz CT molecular complexity index is 903. The smallest absolute Gasteiger partial charge is 0.186 e. The maximum atomic E-state index is 13.8. The first-order chi connectivity index (χ1) is 10.9. The number of hydrogen-bond donors (Lipinski definition) is 0. The van der Waals surface area contributed by atoms with Gasteiger partial charge in [0.15, 0.2) is 11.6 Å². The third kappa shape index (κ3) is 2.83. The molecule has 0 atom stereocenters. The average Bonchev–Trinajstić information content (AvgIpc) is 2.92. The Morgan fingerprint density at radius 3 is 2.57 bits per heavy atom. The SMILES string of the molecule is CCc1[c]c(C)nc(C)c1Cc1nc2c(F)c(F)cc(F)c2s1. The van der Waals surface area contributed by atoms with E-state index in [2.05, 4.69) is 16.0 Å². The Labute approximate surface area is 136 Å². The van der Waals surface area contributed by atoms with Gasteiger partial charge < -0.3 is 0 Å². The molecule has 119 valence electrons. The molecule has 3 rings (SSSR count). The van der Waals surface area contributed by atoms with Crippen LogP contribution in [0.2, 0.25) is 0 Å². The minimum Gasteiger partial charge on any atom is -0.258 e. The maximum Gasteiger partial charge on any atom is 0.186 e. The van der Waals surface area contributed by atoms with E-state index < -0.39 is 17.5 Å². The molecule has 1 aromatic carbocycles. The van der Waals surface area contributed by atoms with Crippen LogP contribution in [0.25, 0.3) is 10.2 Å². The van der Waals surface area contributed by atoms with Crippen LogP contribution in [0.15, 0.2) is 6.07 Å². The fourth-order valence-electron chi connectivity index (χ4n) is 2.65. The first kappa shape index (κ1) is 15.9. The molecule has 3 aromatic rings. The number of thiazole rings is 1. The van der Waals surface area contributed by atoms with Gasteiger partial charge in [-0.05, 0) is 31.4 Å². The molecule has 0 fully saturated rings. The average molecular weight is 335 g/mol. The molecule has 0 saturated carbocycles. The minimum atomic E-state index is -1.22. The molecule has 0 saturated heterocycles. The number of nitrogens with zero attached hydrogens (tertiary/aromatic N) is 2. The van der Waals surface area contributed by atoms with Crippen molar-refractivity contribution in [2.75, 3.05) is 0 Å².